The lowest BCUT2D eigenvalue weighted by atomic mass is 10.3. The van der Waals surface area contributed by atoms with Gasteiger partial charge in [-0.15, -0.1) is 0 Å². The van der Waals surface area contributed by atoms with Gasteiger partial charge in [-0.05, 0) is 19.1 Å². The standard InChI is InChI=1S/C11H15N5O2S/c1-8-9(6-14-16(8)2)7-15-19(17,18)11-10(12)4-3-5-13-11/h3-6,15H,7,12H2,1-2H3. The van der Waals surface area contributed by atoms with Gasteiger partial charge in [-0.3, -0.25) is 4.68 Å². The molecular weight excluding hydrogens is 266 g/mol. The number of nitrogens with two attached hydrogens (primary N) is 1. The molecule has 0 atom stereocenters. The third kappa shape index (κ3) is 2.74. The van der Waals surface area contributed by atoms with Crippen LogP contribution in [0, 0.1) is 6.92 Å². The Hall–Kier alpha value is -1.93. The normalized spacial score (nSPS) is 11.7. The number of aromatic nitrogens is 3. The van der Waals surface area contributed by atoms with Gasteiger partial charge in [0.25, 0.3) is 10.0 Å². The van der Waals surface area contributed by atoms with Gasteiger partial charge >= 0.3 is 0 Å². The minimum Gasteiger partial charge on any atom is -0.396 e. The second-order valence-corrected chi connectivity index (χ2v) is 5.78. The molecule has 19 heavy (non-hydrogen) atoms. The van der Waals surface area contributed by atoms with Gasteiger partial charge < -0.3 is 5.73 Å². The summed E-state index contributed by atoms with van der Waals surface area (Å²) < 4.78 is 28.3. The first-order valence-corrected chi connectivity index (χ1v) is 7.08. The first-order valence-electron chi connectivity index (χ1n) is 5.59. The summed E-state index contributed by atoms with van der Waals surface area (Å²) in [6.07, 6.45) is 3.01. The first-order chi connectivity index (χ1) is 8.92. The second-order valence-electron chi connectivity index (χ2n) is 4.10. The Kier molecular flexibility index (Phi) is 3.54. The molecule has 0 saturated heterocycles. The quantitative estimate of drug-likeness (QED) is 0.832. The molecule has 0 radical (unpaired) electrons. The fourth-order valence-corrected chi connectivity index (χ4v) is 2.65. The van der Waals surface area contributed by atoms with Crippen molar-refractivity contribution in [2.24, 2.45) is 7.05 Å². The maximum atomic E-state index is 12.1. The van der Waals surface area contributed by atoms with E-state index in [2.05, 4.69) is 14.8 Å². The van der Waals surface area contributed by atoms with Gasteiger partial charge in [0, 0.05) is 31.0 Å². The van der Waals surface area contributed by atoms with Crippen LogP contribution in [0.25, 0.3) is 0 Å². The lowest BCUT2D eigenvalue weighted by Gasteiger charge is -2.07. The first kappa shape index (κ1) is 13.5. The number of nitrogen functional groups attached to an aromatic ring is 1. The number of hydrogen-bond acceptors (Lipinski definition) is 5. The highest BCUT2D eigenvalue weighted by Crippen LogP contribution is 2.14. The second kappa shape index (κ2) is 4.98. The van der Waals surface area contributed by atoms with Gasteiger partial charge in [0.05, 0.1) is 11.9 Å². The number of nitrogens with zero attached hydrogens (tertiary/aromatic N) is 3. The maximum absolute atomic E-state index is 12.1. The summed E-state index contributed by atoms with van der Waals surface area (Å²) in [5.41, 5.74) is 7.44. The molecule has 8 heteroatoms. The number of nitrogens with one attached hydrogen (secondary N) is 1. The van der Waals surface area contributed by atoms with E-state index in [1.165, 1.54) is 12.3 Å². The summed E-state index contributed by atoms with van der Waals surface area (Å²) in [7, 11) is -1.92. The van der Waals surface area contributed by atoms with Crippen molar-refractivity contribution < 1.29 is 8.42 Å². The van der Waals surface area contributed by atoms with E-state index in [-0.39, 0.29) is 17.3 Å². The molecule has 2 heterocycles. The van der Waals surface area contributed by atoms with Gasteiger partial charge in [0.1, 0.15) is 0 Å². The topological polar surface area (TPSA) is 103 Å². The molecule has 0 spiro atoms. The smallest absolute Gasteiger partial charge is 0.260 e. The molecule has 2 aromatic rings. The zero-order valence-electron chi connectivity index (χ0n) is 10.7. The SMILES string of the molecule is Cc1c(CNS(=O)(=O)c2ncccc2N)cnn1C. The lowest BCUT2D eigenvalue weighted by molar-refractivity contribution is 0.578. The van der Waals surface area contributed by atoms with Crippen LogP contribution >= 0.6 is 0 Å². The molecule has 0 aromatic carbocycles. The molecule has 3 N–H and O–H groups in total. The van der Waals surface area contributed by atoms with Gasteiger partial charge in [0.15, 0.2) is 5.03 Å². The molecule has 0 aliphatic heterocycles. The Balaban J connectivity index is 2.19. The molecule has 0 fully saturated rings. The third-order valence-corrected chi connectivity index (χ3v) is 4.22. The zero-order valence-corrected chi connectivity index (χ0v) is 11.5. The van der Waals surface area contributed by atoms with Crippen LogP contribution in [0.2, 0.25) is 0 Å². The number of anilines is 1. The van der Waals surface area contributed by atoms with Crippen molar-refractivity contribution >= 4 is 15.7 Å². The van der Waals surface area contributed by atoms with Gasteiger partial charge in [-0.25, -0.2) is 18.1 Å². The average Bonchev–Trinajstić information content (AvgIpc) is 2.68. The molecule has 102 valence electrons. The summed E-state index contributed by atoms with van der Waals surface area (Å²) in [5.74, 6) is 0. The van der Waals surface area contributed by atoms with Crippen LogP contribution in [0.1, 0.15) is 11.3 Å². The fraction of sp³-hybridized carbons (Fsp3) is 0.273. The summed E-state index contributed by atoms with van der Waals surface area (Å²) >= 11 is 0. The Morgan fingerprint density at radius 1 is 1.47 bits per heavy atom. The number of hydrogen-bond donors (Lipinski definition) is 2. The van der Waals surface area contributed by atoms with Crippen molar-refractivity contribution in [1.29, 1.82) is 0 Å². The molecular formula is C11H15N5O2S. The molecule has 0 aliphatic rings. The minimum atomic E-state index is -3.72. The van der Waals surface area contributed by atoms with Crippen LogP contribution in [0.4, 0.5) is 5.69 Å². The fourth-order valence-electron chi connectivity index (χ4n) is 1.59. The molecule has 2 rings (SSSR count). The Morgan fingerprint density at radius 2 is 2.21 bits per heavy atom. The molecule has 0 bridgehead atoms. The van der Waals surface area contributed by atoms with Crippen molar-refractivity contribution in [2.75, 3.05) is 5.73 Å². The van der Waals surface area contributed by atoms with Crippen LogP contribution < -0.4 is 10.5 Å². The largest absolute Gasteiger partial charge is 0.396 e. The van der Waals surface area contributed by atoms with E-state index < -0.39 is 10.0 Å². The summed E-state index contributed by atoms with van der Waals surface area (Å²) in [5, 5.41) is 3.89. The van der Waals surface area contributed by atoms with E-state index in [0.717, 1.165) is 11.3 Å². The summed E-state index contributed by atoms with van der Waals surface area (Å²) in [6.45, 7) is 2.02. The van der Waals surface area contributed by atoms with Crippen LogP contribution in [-0.4, -0.2) is 23.2 Å². The van der Waals surface area contributed by atoms with Crippen molar-refractivity contribution in [3.63, 3.8) is 0 Å². The summed E-state index contributed by atoms with van der Waals surface area (Å²) in [4.78, 5) is 3.79. The van der Waals surface area contributed by atoms with E-state index in [9.17, 15) is 8.42 Å². The van der Waals surface area contributed by atoms with Crippen LogP contribution in [-0.2, 0) is 23.6 Å². The van der Waals surface area contributed by atoms with Gasteiger partial charge in [-0.2, -0.15) is 5.10 Å². The number of pyridine rings is 1. The highest BCUT2D eigenvalue weighted by Gasteiger charge is 2.19. The Bertz CT molecular complexity index is 693. The maximum Gasteiger partial charge on any atom is 0.260 e. The van der Waals surface area contributed by atoms with E-state index >= 15 is 0 Å². The van der Waals surface area contributed by atoms with Crippen LogP contribution in [0.3, 0.4) is 0 Å². The molecule has 0 unspecified atom stereocenters. The highest BCUT2D eigenvalue weighted by atomic mass is 32.2. The molecule has 0 aliphatic carbocycles. The monoisotopic (exact) mass is 281 g/mol. The molecule has 0 saturated carbocycles. The predicted octanol–water partition coefficient (Wildman–Crippen LogP) is 0.184. The van der Waals surface area contributed by atoms with Crippen molar-refractivity contribution in [3.8, 4) is 0 Å². The molecule has 0 amide bonds. The van der Waals surface area contributed by atoms with Gasteiger partial charge in [-0.1, -0.05) is 0 Å². The minimum absolute atomic E-state index is 0.123. The van der Waals surface area contributed by atoms with Crippen LogP contribution in [0.15, 0.2) is 29.6 Å². The van der Waals surface area contributed by atoms with E-state index in [1.807, 2.05) is 6.92 Å². The van der Waals surface area contributed by atoms with E-state index in [4.69, 9.17) is 5.73 Å². The third-order valence-electron chi connectivity index (χ3n) is 2.84. The lowest BCUT2D eigenvalue weighted by Crippen LogP contribution is -2.25. The van der Waals surface area contributed by atoms with Crippen LogP contribution in [0.5, 0.6) is 0 Å². The number of rotatable bonds is 4. The van der Waals surface area contributed by atoms with Crippen molar-refractivity contribution in [3.05, 3.63) is 35.8 Å². The van der Waals surface area contributed by atoms with E-state index in [0.29, 0.717) is 0 Å². The Labute approximate surface area is 111 Å². The van der Waals surface area contributed by atoms with Gasteiger partial charge in [0.2, 0.25) is 0 Å². The van der Waals surface area contributed by atoms with Crippen molar-refractivity contribution in [2.45, 2.75) is 18.5 Å². The predicted molar refractivity (Wildman–Crippen MR) is 70.6 cm³/mol. The number of sulfonamides is 1. The molecule has 2 aromatic heterocycles. The van der Waals surface area contributed by atoms with Crippen molar-refractivity contribution in [1.82, 2.24) is 19.5 Å². The Morgan fingerprint density at radius 3 is 2.79 bits per heavy atom. The summed E-state index contributed by atoms with van der Waals surface area (Å²) in [6, 6.07) is 3.08. The highest BCUT2D eigenvalue weighted by molar-refractivity contribution is 7.89. The average molecular weight is 281 g/mol. The van der Waals surface area contributed by atoms with E-state index in [1.54, 1.807) is 24.0 Å². The number of aryl methyl sites for hydroxylation is 1. The zero-order chi connectivity index (χ0) is 14.0. The molecule has 7 nitrogen and oxygen atoms in total.